The lowest BCUT2D eigenvalue weighted by Gasteiger charge is -2.31. The molecule has 0 aromatic heterocycles. The molecule has 6 nitrogen and oxygen atoms in total. The fourth-order valence-corrected chi connectivity index (χ4v) is 3.01. The number of carbonyl (C=O) groups excluding carboxylic acids is 1. The van der Waals surface area contributed by atoms with Crippen molar-refractivity contribution in [3.8, 4) is 0 Å². The highest BCUT2D eigenvalue weighted by Gasteiger charge is 2.25. The summed E-state index contributed by atoms with van der Waals surface area (Å²) in [5.41, 5.74) is 0.979. The third-order valence-corrected chi connectivity index (χ3v) is 4.59. The van der Waals surface area contributed by atoms with E-state index in [2.05, 4.69) is 5.23 Å². The van der Waals surface area contributed by atoms with Crippen LogP contribution in [0.15, 0.2) is 30.3 Å². The van der Waals surface area contributed by atoms with E-state index in [-0.39, 0.29) is 6.09 Å². The molecule has 1 aliphatic rings. The monoisotopic (exact) mass is 332 g/mol. The highest BCUT2D eigenvalue weighted by molar-refractivity contribution is 6.06. The number of hydrogen-bond acceptors (Lipinski definition) is 4. The van der Waals surface area contributed by atoms with Crippen LogP contribution in [-0.2, 0) is 16.1 Å². The van der Waals surface area contributed by atoms with Crippen molar-refractivity contribution in [2.75, 3.05) is 13.1 Å². The molecule has 1 aliphatic heterocycles. The first-order valence-corrected chi connectivity index (χ1v) is 8.46. The number of amides is 1. The Kier molecular flexibility index (Phi) is 7.12. The Morgan fingerprint density at radius 1 is 1.29 bits per heavy atom. The lowest BCUT2D eigenvalue weighted by atomic mass is 9.90. The topological polar surface area (TPSA) is 78.9 Å². The minimum atomic E-state index is -0.806. The van der Waals surface area contributed by atoms with Gasteiger partial charge in [0.15, 0.2) is 7.98 Å². The summed E-state index contributed by atoms with van der Waals surface area (Å²) in [7, 11) is 1.67. The molecule has 1 atom stereocenters. The summed E-state index contributed by atoms with van der Waals surface area (Å²) in [6.45, 7) is 1.65. The SMILES string of the molecule is BN[C@@H](CCC1CCN(C(=O)OCc2ccccc2)CC1)C(=O)O. The number of likely N-dealkylation sites (tertiary alicyclic amines) is 1. The van der Waals surface area contributed by atoms with Gasteiger partial charge in [0.25, 0.3) is 0 Å². The van der Waals surface area contributed by atoms with Gasteiger partial charge < -0.3 is 20.0 Å². The first-order valence-electron chi connectivity index (χ1n) is 8.46. The first-order chi connectivity index (χ1) is 11.6. The lowest BCUT2D eigenvalue weighted by molar-refractivity contribution is -0.139. The van der Waals surface area contributed by atoms with E-state index in [0.717, 1.165) is 24.8 Å². The van der Waals surface area contributed by atoms with Crippen molar-refractivity contribution in [2.24, 2.45) is 5.92 Å². The second kappa shape index (κ2) is 9.32. The number of aliphatic carboxylic acids is 1. The zero-order chi connectivity index (χ0) is 17.4. The number of piperidine rings is 1. The highest BCUT2D eigenvalue weighted by atomic mass is 16.6. The summed E-state index contributed by atoms with van der Waals surface area (Å²) in [4.78, 5) is 24.8. The summed E-state index contributed by atoms with van der Waals surface area (Å²) < 4.78 is 5.35. The molecule has 1 heterocycles. The molecule has 0 spiro atoms. The molecule has 1 aromatic carbocycles. The smallest absolute Gasteiger partial charge is 0.410 e. The van der Waals surface area contributed by atoms with Crippen molar-refractivity contribution in [3.63, 3.8) is 0 Å². The second-order valence-corrected chi connectivity index (χ2v) is 6.23. The average Bonchev–Trinajstić information content (AvgIpc) is 2.61. The summed E-state index contributed by atoms with van der Waals surface area (Å²) in [5, 5.41) is 11.9. The van der Waals surface area contributed by atoms with E-state index in [4.69, 9.17) is 9.84 Å². The molecule has 1 amide bonds. The summed E-state index contributed by atoms with van der Waals surface area (Å²) in [6, 6.07) is 9.15. The Bertz CT molecular complexity index is 533. The Labute approximate surface area is 143 Å². The van der Waals surface area contributed by atoms with Gasteiger partial charge in [0.05, 0.1) is 6.04 Å². The van der Waals surface area contributed by atoms with Crippen molar-refractivity contribution in [2.45, 2.75) is 38.3 Å². The molecular formula is C17H25BN2O4. The van der Waals surface area contributed by atoms with E-state index in [1.165, 1.54) is 0 Å². The molecule has 0 bridgehead atoms. The van der Waals surface area contributed by atoms with Gasteiger partial charge in [-0.3, -0.25) is 4.79 Å². The fourth-order valence-electron chi connectivity index (χ4n) is 3.01. The predicted molar refractivity (Wildman–Crippen MR) is 93.3 cm³/mol. The molecule has 0 unspecified atom stereocenters. The molecule has 0 radical (unpaired) electrons. The highest BCUT2D eigenvalue weighted by Crippen LogP contribution is 2.23. The van der Waals surface area contributed by atoms with E-state index in [0.29, 0.717) is 32.0 Å². The molecule has 2 rings (SSSR count). The molecule has 1 saturated heterocycles. The maximum absolute atomic E-state index is 12.1. The zero-order valence-electron chi connectivity index (χ0n) is 14.1. The van der Waals surface area contributed by atoms with E-state index in [9.17, 15) is 9.59 Å². The largest absolute Gasteiger partial charge is 0.480 e. The number of nitrogens with zero attached hydrogens (tertiary/aromatic N) is 1. The quantitative estimate of drug-likeness (QED) is 0.738. The van der Waals surface area contributed by atoms with E-state index in [1.807, 2.05) is 30.3 Å². The van der Waals surface area contributed by atoms with Gasteiger partial charge in [0.1, 0.15) is 6.61 Å². The summed E-state index contributed by atoms with van der Waals surface area (Å²) in [6.07, 6.45) is 3.02. The number of benzene rings is 1. The summed E-state index contributed by atoms with van der Waals surface area (Å²) >= 11 is 0. The fraction of sp³-hybridized carbons (Fsp3) is 0.529. The van der Waals surface area contributed by atoms with Crippen LogP contribution in [0.4, 0.5) is 4.79 Å². The van der Waals surface area contributed by atoms with Gasteiger partial charge in [-0.25, -0.2) is 4.79 Å². The van der Waals surface area contributed by atoms with E-state index >= 15 is 0 Å². The van der Waals surface area contributed by atoms with Crippen LogP contribution in [-0.4, -0.2) is 49.2 Å². The number of carboxylic acids is 1. The zero-order valence-corrected chi connectivity index (χ0v) is 14.1. The maximum atomic E-state index is 12.1. The number of ether oxygens (including phenoxy) is 1. The van der Waals surface area contributed by atoms with Crippen LogP contribution in [0.5, 0.6) is 0 Å². The normalized spacial score (nSPS) is 16.6. The predicted octanol–water partition coefficient (Wildman–Crippen LogP) is 1.41. The van der Waals surface area contributed by atoms with Crippen molar-refractivity contribution in [1.29, 1.82) is 0 Å². The average molecular weight is 332 g/mol. The number of carboxylic acid groups (broad SMARTS) is 1. The van der Waals surface area contributed by atoms with Gasteiger partial charge >= 0.3 is 12.1 Å². The molecule has 1 aromatic rings. The van der Waals surface area contributed by atoms with Gasteiger partial charge in [-0.1, -0.05) is 30.3 Å². The molecule has 7 heteroatoms. The Hall–Kier alpha value is -2.02. The van der Waals surface area contributed by atoms with Gasteiger partial charge in [0.2, 0.25) is 0 Å². The molecular weight excluding hydrogens is 307 g/mol. The number of nitrogens with one attached hydrogen (secondary N) is 1. The third-order valence-electron chi connectivity index (χ3n) is 4.59. The number of carbonyl (C=O) groups is 2. The van der Waals surface area contributed by atoms with Gasteiger partial charge in [-0.15, -0.1) is 0 Å². The van der Waals surface area contributed by atoms with Crippen molar-refractivity contribution >= 4 is 20.0 Å². The molecule has 24 heavy (non-hydrogen) atoms. The van der Waals surface area contributed by atoms with Gasteiger partial charge in [-0.05, 0) is 37.2 Å². The van der Waals surface area contributed by atoms with Gasteiger partial charge in [-0.2, -0.15) is 0 Å². The van der Waals surface area contributed by atoms with Crippen LogP contribution < -0.4 is 5.23 Å². The molecule has 0 saturated carbocycles. The standard InChI is InChI=1S/C17H25BN2O4/c18-19-15(16(21)22)7-6-13-8-10-20(11-9-13)17(23)24-12-14-4-2-1-3-5-14/h1-5,13,15,19H,6-12,18H2,(H,21,22)/t15-/m0/s1. The molecule has 130 valence electrons. The second-order valence-electron chi connectivity index (χ2n) is 6.23. The van der Waals surface area contributed by atoms with Crippen LogP contribution in [0.1, 0.15) is 31.2 Å². The Morgan fingerprint density at radius 2 is 1.96 bits per heavy atom. The van der Waals surface area contributed by atoms with Crippen LogP contribution in [0.3, 0.4) is 0 Å². The van der Waals surface area contributed by atoms with Gasteiger partial charge in [0, 0.05) is 13.1 Å². The van der Waals surface area contributed by atoms with Crippen LogP contribution >= 0.6 is 0 Å². The van der Waals surface area contributed by atoms with Crippen molar-refractivity contribution in [3.05, 3.63) is 35.9 Å². The maximum Gasteiger partial charge on any atom is 0.410 e. The summed E-state index contributed by atoms with van der Waals surface area (Å²) in [5.74, 6) is -0.335. The minimum absolute atomic E-state index is 0.268. The Balaban J connectivity index is 1.68. The Morgan fingerprint density at radius 3 is 2.54 bits per heavy atom. The molecule has 2 N–H and O–H groups in total. The molecule has 0 aliphatic carbocycles. The third kappa shape index (κ3) is 5.56. The van der Waals surface area contributed by atoms with Crippen molar-refractivity contribution in [1.82, 2.24) is 10.1 Å². The van der Waals surface area contributed by atoms with E-state index in [1.54, 1.807) is 12.9 Å². The first kappa shape index (κ1) is 18.3. The van der Waals surface area contributed by atoms with Crippen LogP contribution in [0.2, 0.25) is 0 Å². The van der Waals surface area contributed by atoms with E-state index < -0.39 is 12.0 Å². The van der Waals surface area contributed by atoms with Crippen LogP contribution in [0.25, 0.3) is 0 Å². The van der Waals surface area contributed by atoms with Crippen molar-refractivity contribution < 1.29 is 19.4 Å². The lowest BCUT2D eigenvalue weighted by Crippen LogP contribution is -2.40. The molecule has 1 fully saturated rings. The number of hydrogen-bond donors (Lipinski definition) is 2. The minimum Gasteiger partial charge on any atom is -0.480 e. The van der Waals surface area contributed by atoms with Crippen LogP contribution in [0, 0.1) is 5.92 Å². The number of rotatable bonds is 7.